The Morgan fingerprint density at radius 2 is 1.40 bits per heavy atom. The molecular weight excluding hydrogens is 271 g/mol. The maximum atomic E-state index is 11.6. The van der Waals surface area contributed by atoms with E-state index in [4.69, 9.17) is 9.05 Å². The Labute approximate surface area is 126 Å². The van der Waals surface area contributed by atoms with Gasteiger partial charge in [-0.2, -0.15) is 0 Å². The summed E-state index contributed by atoms with van der Waals surface area (Å²) < 4.78 is 22.2. The number of hydrogen-bond acceptors (Lipinski definition) is 3. The third-order valence-electron chi connectivity index (χ3n) is 3.42. The highest BCUT2D eigenvalue weighted by atomic mass is 31.1. The van der Waals surface area contributed by atoms with Crippen LogP contribution in [0.5, 0.6) is 0 Å². The minimum atomic E-state index is -1.92. The van der Waals surface area contributed by atoms with Crippen molar-refractivity contribution in [3.63, 3.8) is 0 Å². The summed E-state index contributed by atoms with van der Waals surface area (Å²) in [5.41, 5.74) is 0. The molecule has 0 bridgehead atoms. The molecule has 3 nitrogen and oxygen atoms in total. The second-order valence-corrected chi connectivity index (χ2v) is 6.51. The van der Waals surface area contributed by atoms with Crippen molar-refractivity contribution in [3.8, 4) is 0 Å². The average molecular weight is 305 g/mol. The highest BCUT2D eigenvalue weighted by Gasteiger charge is 2.23. The Bertz CT molecular complexity index is 222. The van der Waals surface area contributed by atoms with Crippen molar-refractivity contribution in [2.75, 3.05) is 6.61 Å². The first kappa shape index (κ1) is 20.0. The zero-order valence-corrected chi connectivity index (χ0v) is 14.6. The molecule has 2 atom stereocenters. The first-order valence-corrected chi connectivity index (χ1v) is 9.57. The lowest BCUT2D eigenvalue weighted by molar-refractivity contribution is 0.165. The van der Waals surface area contributed by atoms with Crippen molar-refractivity contribution in [2.24, 2.45) is 0 Å². The zero-order chi connectivity index (χ0) is 15.1. The number of unbranched alkanes of at least 4 members (excludes halogenated alkanes) is 8. The summed E-state index contributed by atoms with van der Waals surface area (Å²) in [4.78, 5) is 0. The molecule has 0 aromatic heterocycles. The van der Waals surface area contributed by atoms with Crippen molar-refractivity contribution in [2.45, 2.75) is 97.5 Å². The van der Waals surface area contributed by atoms with Gasteiger partial charge in [-0.25, -0.2) is 0 Å². The molecule has 0 aliphatic rings. The number of rotatable bonds is 15. The molecule has 4 heteroatoms. The average Bonchev–Trinajstić information content (AvgIpc) is 2.42. The van der Waals surface area contributed by atoms with Crippen LogP contribution in [0.2, 0.25) is 0 Å². The van der Waals surface area contributed by atoms with Gasteiger partial charge in [-0.15, -0.1) is 9.05 Å². The predicted molar refractivity (Wildman–Crippen MR) is 86.2 cm³/mol. The summed E-state index contributed by atoms with van der Waals surface area (Å²) in [7, 11) is -1.92. The monoisotopic (exact) mass is 305 g/mol. The van der Waals surface area contributed by atoms with Crippen molar-refractivity contribution >= 4 is 8.25 Å². The quantitative estimate of drug-likeness (QED) is 0.259. The van der Waals surface area contributed by atoms with E-state index in [1.165, 1.54) is 44.9 Å². The van der Waals surface area contributed by atoms with Gasteiger partial charge in [-0.05, 0) is 19.8 Å². The molecular formula is C16H34O3P+. The van der Waals surface area contributed by atoms with Gasteiger partial charge in [0, 0.05) is 4.57 Å². The predicted octanol–water partition coefficient (Wildman–Crippen LogP) is 6.40. The summed E-state index contributed by atoms with van der Waals surface area (Å²) in [6.45, 7) is 6.96. The third kappa shape index (κ3) is 14.4. The number of hydrogen-bond donors (Lipinski definition) is 0. The zero-order valence-electron chi connectivity index (χ0n) is 13.7. The molecule has 2 unspecified atom stereocenters. The first-order chi connectivity index (χ1) is 9.70. The summed E-state index contributed by atoms with van der Waals surface area (Å²) in [6, 6.07) is 0. The van der Waals surface area contributed by atoms with Gasteiger partial charge in [-0.1, -0.05) is 71.6 Å². The smallest absolute Gasteiger partial charge is 0.119 e. The van der Waals surface area contributed by atoms with Gasteiger partial charge < -0.3 is 0 Å². The summed E-state index contributed by atoms with van der Waals surface area (Å²) in [6.07, 6.45) is 13.2. The molecule has 120 valence electrons. The van der Waals surface area contributed by atoms with Crippen molar-refractivity contribution in [1.82, 2.24) is 0 Å². The van der Waals surface area contributed by atoms with E-state index >= 15 is 0 Å². The van der Waals surface area contributed by atoms with E-state index in [-0.39, 0.29) is 6.10 Å². The van der Waals surface area contributed by atoms with Crippen molar-refractivity contribution in [3.05, 3.63) is 0 Å². The molecule has 0 N–H and O–H groups in total. The van der Waals surface area contributed by atoms with Crippen LogP contribution in [0.25, 0.3) is 0 Å². The Morgan fingerprint density at radius 3 is 2.05 bits per heavy atom. The third-order valence-corrected chi connectivity index (χ3v) is 4.35. The Balaban J connectivity index is 3.34. The molecule has 0 spiro atoms. The molecule has 0 radical (unpaired) electrons. The SMILES string of the molecule is CCCCCCCCO[P+](=O)OC(C)CCCCCC. The fraction of sp³-hybridized carbons (Fsp3) is 1.00. The topological polar surface area (TPSA) is 35.5 Å². The van der Waals surface area contributed by atoms with Gasteiger partial charge in [0.2, 0.25) is 0 Å². The second-order valence-electron chi connectivity index (χ2n) is 5.59. The van der Waals surface area contributed by atoms with E-state index in [0.29, 0.717) is 6.61 Å². The lowest BCUT2D eigenvalue weighted by Crippen LogP contribution is -2.03. The van der Waals surface area contributed by atoms with Gasteiger partial charge in [0.05, 0.1) is 0 Å². The van der Waals surface area contributed by atoms with Crippen LogP contribution in [0, 0.1) is 0 Å². The molecule has 0 saturated heterocycles. The minimum absolute atomic E-state index is 0.0417. The fourth-order valence-corrected chi connectivity index (χ4v) is 2.85. The molecule has 20 heavy (non-hydrogen) atoms. The van der Waals surface area contributed by atoms with Crippen molar-refractivity contribution in [1.29, 1.82) is 0 Å². The first-order valence-electron chi connectivity index (χ1n) is 8.47. The van der Waals surface area contributed by atoms with Crippen LogP contribution in [-0.2, 0) is 13.6 Å². The summed E-state index contributed by atoms with van der Waals surface area (Å²) in [5, 5.41) is 0. The van der Waals surface area contributed by atoms with E-state index < -0.39 is 8.25 Å². The van der Waals surface area contributed by atoms with Crippen molar-refractivity contribution < 1.29 is 13.6 Å². The molecule has 0 aromatic carbocycles. The second kappa shape index (κ2) is 15.4. The molecule has 0 aromatic rings. The maximum Gasteiger partial charge on any atom is 0.697 e. The van der Waals surface area contributed by atoms with Gasteiger partial charge in [-0.3, -0.25) is 0 Å². The van der Waals surface area contributed by atoms with Gasteiger partial charge in [0.15, 0.2) is 0 Å². The molecule has 0 aliphatic heterocycles. The standard InChI is InChI=1S/C16H34O3P/c1-4-6-8-10-11-13-15-18-20(17)19-16(3)14-12-9-7-5-2/h16H,4-15H2,1-3H3/q+1. The van der Waals surface area contributed by atoms with E-state index in [1.54, 1.807) is 0 Å². The van der Waals surface area contributed by atoms with Crippen LogP contribution in [0.15, 0.2) is 0 Å². The van der Waals surface area contributed by atoms with E-state index in [0.717, 1.165) is 25.7 Å². The van der Waals surface area contributed by atoms with Gasteiger partial charge in [0.1, 0.15) is 12.7 Å². The summed E-state index contributed by atoms with van der Waals surface area (Å²) in [5.74, 6) is 0. The summed E-state index contributed by atoms with van der Waals surface area (Å²) >= 11 is 0. The highest BCUT2D eigenvalue weighted by molar-refractivity contribution is 7.33. The van der Waals surface area contributed by atoms with E-state index in [2.05, 4.69) is 13.8 Å². The molecule has 0 aliphatic carbocycles. The van der Waals surface area contributed by atoms with E-state index in [9.17, 15) is 4.57 Å². The highest BCUT2D eigenvalue weighted by Crippen LogP contribution is 2.28. The molecule has 0 saturated carbocycles. The molecule has 0 heterocycles. The maximum absolute atomic E-state index is 11.6. The lowest BCUT2D eigenvalue weighted by atomic mass is 10.1. The van der Waals surface area contributed by atoms with Crippen LogP contribution < -0.4 is 0 Å². The Morgan fingerprint density at radius 1 is 0.850 bits per heavy atom. The van der Waals surface area contributed by atoms with Crippen LogP contribution in [-0.4, -0.2) is 12.7 Å². The van der Waals surface area contributed by atoms with Crippen LogP contribution in [0.4, 0.5) is 0 Å². The van der Waals surface area contributed by atoms with Crippen LogP contribution in [0.1, 0.15) is 91.4 Å². The fourth-order valence-electron chi connectivity index (χ4n) is 2.11. The van der Waals surface area contributed by atoms with Gasteiger partial charge in [0.25, 0.3) is 0 Å². The Kier molecular flexibility index (Phi) is 15.4. The molecule has 0 fully saturated rings. The molecule has 0 amide bonds. The molecule has 0 rings (SSSR count). The van der Waals surface area contributed by atoms with E-state index in [1.807, 2.05) is 6.92 Å². The van der Waals surface area contributed by atoms with Gasteiger partial charge >= 0.3 is 8.25 Å². The largest absolute Gasteiger partial charge is 0.697 e. The minimum Gasteiger partial charge on any atom is -0.119 e. The van der Waals surface area contributed by atoms with Crippen LogP contribution in [0.3, 0.4) is 0 Å². The lowest BCUT2D eigenvalue weighted by Gasteiger charge is -2.03. The van der Waals surface area contributed by atoms with Crippen LogP contribution >= 0.6 is 8.25 Å². The normalized spacial score (nSPS) is 13.4. The Hall–Kier alpha value is 0.0200.